The normalized spacial score (nSPS) is 12.5. The van der Waals surface area contributed by atoms with Crippen molar-refractivity contribution >= 4 is 15.9 Å². The van der Waals surface area contributed by atoms with E-state index in [0.717, 1.165) is 11.1 Å². The minimum Gasteiger partial charge on any atom is -0.324 e. The maximum absolute atomic E-state index is 13.7. The fraction of sp³-hybridized carbons (Fsp3) is 0.200. The summed E-state index contributed by atoms with van der Waals surface area (Å²) < 4.78 is 27.5. The Morgan fingerprint density at radius 3 is 2.53 bits per heavy atom. The lowest BCUT2D eigenvalue weighted by Crippen LogP contribution is -2.15. The highest BCUT2D eigenvalue weighted by molar-refractivity contribution is 9.10. The number of nitrogens with two attached hydrogens (primary N) is 1. The predicted molar refractivity (Wildman–Crippen MR) is 75.9 cm³/mol. The monoisotopic (exact) mass is 325 g/mol. The van der Waals surface area contributed by atoms with Gasteiger partial charge < -0.3 is 5.73 Å². The third-order valence-corrected chi connectivity index (χ3v) is 3.58. The van der Waals surface area contributed by atoms with E-state index < -0.39 is 0 Å². The highest BCUT2D eigenvalue weighted by Gasteiger charge is 2.13. The Bertz CT molecular complexity index is 599. The van der Waals surface area contributed by atoms with Crippen molar-refractivity contribution in [1.29, 1.82) is 0 Å². The molecule has 0 spiro atoms. The zero-order valence-corrected chi connectivity index (χ0v) is 12.0. The van der Waals surface area contributed by atoms with E-state index in [1.54, 1.807) is 25.1 Å². The van der Waals surface area contributed by atoms with Gasteiger partial charge in [0.1, 0.15) is 11.6 Å². The smallest absolute Gasteiger partial charge is 0.127 e. The van der Waals surface area contributed by atoms with Crippen LogP contribution in [0.1, 0.15) is 22.7 Å². The molecule has 2 rings (SSSR count). The molecule has 0 saturated carbocycles. The SMILES string of the molecule is Cc1cc(F)ccc1C(N)Cc1ccc(Br)cc1F. The molecular weight excluding hydrogens is 312 g/mol. The largest absolute Gasteiger partial charge is 0.324 e. The lowest BCUT2D eigenvalue weighted by atomic mass is 9.96. The molecule has 1 unspecified atom stereocenters. The van der Waals surface area contributed by atoms with Gasteiger partial charge in [-0.1, -0.05) is 28.1 Å². The summed E-state index contributed by atoms with van der Waals surface area (Å²) in [5, 5.41) is 0. The first kappa shape index (κ1) is 14.2. The molecule has 4 heteroatoms. The molecule has 2 N–H and O–H groups in total. The summed E-state index contributed by atoms with van der Waals surface area (Å²) in [4.78, 5) is 0. The summed E-state index contributed by atoms with van der Waals surface area (Å²) in [7, 11) is 0. The highest BCUT2D eigenvalue weighted by atomic mass is 79.9. The van der Waals surface area contributed by atoms with Crippen molar-refractivity contribution < 1.29 is 8.78 Å². The highest BCUT2D eigenvalue weighted by Crippen LogP contribution is 2.23. The van der Waals surface area contributed by atoms with E-state index in [0.29, 0.717) is 16.5 Å². The van der Waals surface area contributed by atoms with Crippen molar-refractivity contribution in [2.24, 2.45) is 5.73 Å². The van der Waals surface area contributed by atoms with Crippen LogP contribution < -0.4 is 5.73 Å². The first-order valence-corrected chi connectivity index (χ1v) is 6.72. The second-order valence-corrected chi connectivity index (χ2v) is 5.46. The van der Waals surface area contributed by atoms with Gasteiger partial charge in [-0.15, -0.1) is 0 Å². The first-order valence-electron chi connectivity index (χ1n) is 5.93. The van der Waals surface area contributed by atoms with Gasteiger partial charge in [-0.3, -0.25) is 0 Å². The van der Waals surface area contributed by atoms with Crippen LogP contribution in [0, 0.1) is 18.6 Å². The van der Waals surface area contributed by atoms with E-state index in [-0.39, 0.29) is 17.7 Å². The quantitative estimate of drug-likeness (QED) is 0.895. The molecule has 0 heterocycles. The summed E-state index contributed by atoms with van der Waals surface area (Å²) in [5.41, 5.74) is 8.26. The van der Waals surface area contributed by atoms with E-state index in [9.17, 15) is 8.78 Å². The Labute approximate surface area is 119 Å². The Hall–Kier alpha value is -1.26. The molecule has 1 atom stereocenters. The van der Waals surface area contributed by atoms with E-state index >= 15 is 0 Å². The van der Waals surface area contributed by atoms with E-state index in [1.807, 2.05) is 0 Å². The fourth-order valence-corrected chi connectivity index (χ4v) is 2.42. The van der Waals surface area contributed by atoms with Crippen LogP contribution in [0.2, 0.25) is 0 Å². The Kier molecular flexibility index (Phi) is 4.32. The molecule has 1 nitrogen and oxygen atoms in total. The van der Waals surface area contributed by atoms with Crippen molar-refractivity contribution in [3.8, 4) is 0 Å². The zero-order chi connectivity index (χ0) is 14.0. The van der Waals surface area contributed by atoms with Crippen LogP contribution in [0.4, 0.5) is 8.78 Å². The molecular formula is C15H14BrF2N. The van der Waals surface area contributed by atoms with Crippen molar-refractivity contribution in [3.63, 3.8) is 0 Å². The van der Waals surface area contributed by atoms with Gasteiger partial charge >= 0.3 is 0 Å². The first-order chi connectivity index (χ1) is 8.97. The summed E-state index contributed by atoms with van der Waals surface area (Å²) in [5.74, 6) is -0.576. The van der Waals surface area contributed by atoms with Crippen LogP contribution in [0.3, 0.4) is 0 Å². The molecule has 2 aromatic carbocycles. The van der Waals surface area contributed by atoms with Crippen LogP contribution in [0.15, 0.2) is 40.9 Å². The van der Waals surface area contributed by atoms with Crippen molar-refractivity contribution in [3.05, 3.63) is 69.2 Å². The van der Waals surface area contributed by atoms with E-state index in [4.69, 9.17) is 5.73 Å². The van der Waals surface area contributed by atoms with Crippen LogP contribution in [-0.4, -0.2) is 0 Å². The average molecular weight is 326 g/mol. The van der Waals surface area contributed by atoms with Gasteiger partial charge in [0.25, 0.3) is 0 Å². The summed E-state index contributed by atoms with van der Waals surface area (Å²) in [6.07, 6.45) is 0.381. The summed E-state index contributed by atoms with van der Waals surface area (Å²) in [6.45, 7) is 1.80. The van der Waals surface area contributed by atoms with Crippen LogP contribution in [-0.2, 0) is 6.42 Å². The fourth-order valence-electron chi connectivity index (χ4n) is 2.09. The van der Waals surface area contributed by atoms with Crippen LogP contribution >= 0.6 is 15.9 Å². The van der Waals surface area contributed by atoms with Gasteiger partial charge in [0.05, 0.1) is 0 Å². The van der Waals surface area contributed by atoms with Gasteiger partial charge in [-0.2, -0.15) is 0 Å². The molecule has 100 valence electrons. The third-order valence-electron chi connectivity index (χ3n) is 3.09. The molecule has 0 amide bonds. The molecule has 0 aliphatic heterocycles. The lowest BCUT2D eigenvalue weighted by Gasteiger charge is -2.15. The molecule has 0 saturated heterocycles. The zero-order valence-electron chi connectivity index (χ0n) is 10.5. The molecule has 0 aliphatic rings. The van der Waals surface area contributed by atoms with Crippen LogP contribution in [0.25, 0.3) is 0 Å². The van der Waals surface area contributed by atoms with Gasteiger partial charge in [0, 0.05) is 10.5 Å². The van der Waals surface area contributed by atoms with Gasteiger partial charge in [-0.05, 0) is 54.3 Å². The second-order valence-electron chi connectivity index (χ2n) is 4.55. The molecule has 19 heavy (non-hydrogen) atoms. The number of benzene rings is 2. The van der Waals surface area contributed by atoms with Crippen LogP contribution in [0.5, 0.6) is 0 Å². The number of aryl methyl sites for hydroxylation is 1. The Morgan fingerprint density at radius 2 is 1.89 bits per heavy atom. The topological polar surface area (TPSA) is 26.0 Å². The number of halogens is 3. The standard InChI is InChI=1S/C15H14BrF2N/c1-9-6-12(17)4-5-13(9)15(19)7-10-2-3-11(16)8-14(10)18/h2-6,8,15H,7,19H2,1H3. The molecule has 0 radical (unpaired) electrons. The number of hydrogen-bond acceptors (Lipinski definition) is 1. The minimum atomic E-state index is -0.351. The molecule has 0 bridgehead atoms. The van der Waals surface area contributed by atoms with Crippen molar-refractivity contribution in [2.45, 2.75) is 19.4 Å². The van der Waals surface area contributed by atoms with Crippen molar-refractivity contribution in [2.75, 3.05) is 0 Å². The summed E-state index contributed by atoms with van der Waals surface area (Å²) >= 11 is 3.21. The van der Waals surface area contributed by atoms with Gasteiger partial charge in [-0.25, -0.2) is 8.78 Å². The predicted octanol–water partition coefficient (Wildman–Crippen LogP) is 4.28. The maximum Gasteiger partial charge on any atom is 0.127 e. The van der Waals surface area contributed by atoms with E-state index in [2.05, 4.69) is 15.9 Å². The maximum atomic E-state index is 13.7. The van der Waals surface area contributed by atoms with Gasteiger partial charge in [0.15, 0.2) is 0 Å². The number of rotatable bonds is 3. The van der Waals surface area contributed by atoms with Gasteiger partial charge in [0.2, 0.25) is 0 Å². The summed E-state index contributed by atoms with van der Waals surface area (Å²) in [6, 6.07) is 9.02. The Morgan fingerprint density at radius 1 is 1.16 bits per heavy atom. The van der Waals surface area contributed by atoms with E-state index in [1.165, 1.54) is 18.2 Å². The molecule has 0 aromatic heterocycles. The second kappa shape index (κ2) is 5.80. The van der Waals surface area contributed by atoms with Crippen molar-refractivity contribution in [1.82, 2.24) is 0 Å². The number of hydrogen-bond donors (Lipinski definition) is 1. The Balaban J connectivity index is 2.23. The molecule has 0 fully saturated rings. The third kappa shape index (κ3) is 3.39. The lowest BCUT2D eigenvalue weighted by molar-refractivity contribution is 0.590. The average Bonchev–Trinajstić information content (AvgIpc) is 2.32. The molecule has 0 aliphatic carbocycles. The minimum absolute atomic E-state index is 0.287. The molecule has 2 aromatic rings.